The van der Waals surface area contributed by atoms with E-state index in [0.29, 0.717) is 23.8 Å². The van der Waals surface area contributed by atoms with Gasteiger partial charge in [0.1, 0.15) is 17.2 Å². The lowest BCUT2D eigenvalue weighted by Gasteiger charge is -2.12. The standard InChI is InChI=1S/C30H32N2O5/c1-36-27-4-2-3-21(19-27)15-18-37-26-13-11-25(12-14-26)29(34)32-28(30(35)31-16-17-33)20-22-5-7-23(8-6-22)24-9-10-24/h2-8,11-14,19-20,24,33H,9-10,15-18H2,1H3,(H,31,35)(H,32,34). The predicted molar refractivity (Wildman–Crippen MR) is 143 cm³/mol. The van der Waals surface area contributed by atoms with Crippen LogP contribution in [-0.4, -0.2) is 43.8 Å². The number of carbonyl (C=O) groups excluding carboxylic acids is 2. The summed E-state index contributed by atoms with van der Waals surface area (Å²) >= 11 is 0. The minimum absolute atomic E-state index is 0.0917. The molecule has 3 aromatic rings. The summed E-state index contributed by atoms with van der Waals surface area (Å²) in [7, 11) is 1.64. The molecule has 0 aliphatic heterocycles. The summed E-state index contributed by atoms with van der Waals surface area (Å²) in [6.07, 6.45) is 4.79. The fourth-order valence-corrected chi connectivity index (χ4v) is 3.88. The van der Waals surface area contributed by atoms with Crippen LogP contribution in [0.1, 0.15) is 45.8 Å². The number of aliphatic hydroxyl groups excluding tert-OH is 1. The molecule has 0 aromatic heterocycles. The number of carbonyl (C=O) groups is 2. The van der Waals surface area contributed by atoms with Gasteiger partial charge in [0.15, 0.2) is 0 Å². The molecule has 7 nitrogen and oxygen atoms in total. The first kappa shape index (κ1) is 26.0. The van der Waals surface area contributed by atoms with Crippen molar-refractivity contribution in [3.8, 4) is 11.5 Å². The van der Waals surface area contributed by atoms with Crippen molar-refractivity contribution in [3.05, 3.63) is 101 Å². The molecule has 0 spiro atoms. The Morgan fingerprint density at radius 2 is 1.76 bits per heavy atom. The molecule has 7 heteroatoms. The number of hydrogen-bond acceptors (Lipinski definition) is 5. The summed E-state index contributed by atoms with van der Waals surface area (Å²) < 4.78 is 11.1. The molecule has 1 aliphatic rings. The second-order valence-corrected chi connectivity index (χ2v) is 8.91. The first-order valence-electron chi connectivity index (χ1n) is 12.4. The highest BCUT2D eigenvalue weighted by molar-refractivity contribution is 6.05. The van der Waals surface area contributed by atoms with Crippen molar-refractivity contribution in [2.24, 2.45) is 0 Å². The fourth-order valence-electron chi connectivity index (χ4n) is 3.88. The summed E-state index contributed by atoms with van der Waals surface area (Å²) in [4.78, 5) is 25.6. The SMILES string of the molecule is COc1cccc(CCOc2ccc(C(=O)NC(=Cc3ccc(C4CC4)cc3)C(=O)NCCO)cc2)c1. The zero-order valence-corrected chi connectivity index (χ0v) is 20.9. The molecule has 1 fully saturated rings. The Morgan fingerprint density at radius 3 is 2.43 bits per heavy atom. The van der Waals surface area contributed by atoms with Crippen molar-refractivity contribution in [1.82, 2.24) is 10.6 Å². The van der Waals surface area contributed by atoms with E-state index in [0.717, 1.165) is 23.3 Å². The fraction of sp³-hybridized carbons (Fsp3) is 0.267. The average molecular weight is 501 g/mol. The average Bonchev–Trinajstić information content (AvgIpc) is 3.78. The number of aliphatic hydroxyl groups is 1. The molecule has 3 aromatic carbocycles. The maximum atomic E-state index is 12.9. The molecule has 0 heterocycles. The molecule has 4 rings (SSSR count). The van der Waals surface area contributed by atoms with Crippen LogP contribution in [0.4, 0.5) is 0 Å². The number of ether oxygens (including phenoxy) is 2. The van der Waals surface area contributed by atoms with Crippen molar-refractivity contribution < 1.29 is 24.2 Å². The first-order valence-corrected chi connectivity index (χ1v) is 12.4. The zero-order valence-electron chi connectivity index (χ0n) is 20.9. The molecule has 192 valence electrons. The minimum Gasteiger partial charge on any atom is -0.497 e. The molecule has 2 amide bonds. The highest BCUT2D eigenvalue weighted by Gasteiger charge is 2.23. The van der Waals surface area contributed by atoms with E-state index in [-0.39, 0.29) is 18.8 Å². The lowest BCUT2D eigenvalue weighted by atomic mass is 10.1. The van der Waals surface area contributed by atoms with Crippen molar-refractivity contribution in [2.45, 2.75) is 25.2 Å². The summed E-state index contributed by atoms with van der Waals surface area (Å²) in [5.41, 5.74) is 3.70. The topological polar surface area (TPSA) is 96.9 Å². The molecule has 0 atom stereocenters. The highest BCUT2D eigenvalue weighted by Crippen LogP contribution is 2.39. The van der Waals surface area contributed by atoms with E-state index in [2.05, 4.69) is 22.8 Å². The van der Waals surface area contributed by atoms with Crippen LogP contribution in [0.5, 0.6) is 11.5 Å². The van der Waals surface area contributed by atoms with Gasteiger partial charge in [0.25, 0.3) is 11.8 Å². The van der Waals surface area contributed by atoms with Gasteiger partial charge in [-0.15, -0.1) is 0 Å². The van der Waals surface area contributed by atoms with Crippen LogP contribution in [0, 0.1) is 0 Å². The number of rotatable bonds is 12. The third kappa shape index (κ3) is 7.69. The van der Waals surface area contributed by atoms with Crippen LogP contribution in [0.3, 0.4) is 0 Å². The van der Waals surface area contributed by atoms with E-state index in [4.69, 9.17) is 14.6 Å². The van der Waals surface area contributed by atoms with Crippen LogP contribution in [0.25, 0.3) is 6.08 Å². The van der Waals surface area contributed by atoms with Crippen LogP contribution in [0.15, 0.2) is 78.5 Å². The van der Waals surface area contributed by atoms with Gasteiger partial charge in [-0.25, -0.2) is 0 Å². The quantitative estimate of drug-likeness (QED) is 0.326. The molecule has 3 N–H and O–H groups in total. The minimum atomic E-state index is -0.467. The lowest BCUT2D eigenvalue weighted by Crippen LogP contribution is -2.36. The molecule has 0 bridgehead atoms. The molecule has 0 unspecified atom stereocenters. The molecular formula is C30H32N2O5. The molecule has 0 saturated heterocycles. The zero-order chi connectivity index (χ0) is 26.0. The Labute approximate surface area is 217 Å². The number of methoxy groups -OCH3 is 1. The van der Waals surface area contributed by atoms with Gasteiger partial charge in [0, 0.05) is 18.5 Å². The van der Waals surface area contributed by atoms with E-state index in [1.807, 2.05) is 36.4 Å². The van der Waals surface area contributed by atoms with E-state index in [1.54, 1.807) is 37.5 Å². The maximum Gasteiger partial charge on any atom is 0.267 e. The van der Waals surface area contributed by atoms with Gasteiger partial charge < -0.3 is 25.2 Å². The van der Waals surface area contributed by atoms with Gasteiger partial charge in [-0.3, -0.25) is 9.59 Å². The van der Waals surface area contributed by atoms with E-state index in [1.165, 1.54) is 18.4 Å². The molecule has 0 radical (unpaired) electrons. The third-order valence-corrected chi connectivity index (χ3v) is 6.10. The Kier molecular flexibility index (Phi) is 8.94. The number of nitrogens with one attached hydrogen (secondary N) is 2. The number of amides is 2. The van der Waals surface area contributed by atoms with E-state index in [9.17, 15) is 9.59 Å². The Balaban J connectivity index is 1.37. The summed E-state index contributed by atoms with van der Waals surface area (Å²) in [5, 5.41) is 14.4. The second kappa shape index (κ2) is 12.7. The maximum absolute atomic E-state index is 12.9. The van der Waals surface area contributed by atoms with Crippen molar-refractivity contribution in [3.63, 3.8) is 0 Å². The van der Waals surface area contributed by atoms with Crippen LogP contribution in [0.2, 0.25) is 0 Å². The molecular weight excluding hydrogens is 468 g/mol. The van der Waals surface area contributed by atoms with Crippen LogP contribution >= 0.6 is 0 Å². The van der Waals surface area contributed by atoms with E-state index >= 15 is 0 Å². The van der Waals surface area contributed by atoms with Gasteiger partial charge >= 0.3 is 0 Å². The molecule has 1 saturated carbocycles. The molecule has 37 heavy (non-hydrogen) atoms. The van der Waals surface area contributed by atoms with Crippen molar-refractivity contribution in [1.29, 1.82) is 0 Å². The predicted octanol–water partition coefficient (Wildman–Crippen LogP) is 4.07. The van der Waals surface area contributed by atoms with Crippen molar-refractivity contribution >= 4 is 17.9 Å². The normalized spacial score (nSPS) is 13.1. The van der Waals surface area contributed by atoms with Crippen molar-refractivity contribution in [2.75, 3.05) is 26.9 Å². The smallest absolute Gasteiger partial charge is 0.267 e. The Bertz CT molecular complexity index is 1230. The third-order valence-electron chi connectivity index (χ3n) is 6.10. The monoisotopic (exact) mass is 500 g/mol. The Hall–Kier alpha value is -4.10. The summed E-state index contributed by atoms with van der Waals surface area (Å²) in [6, 6.07) is 22.6. The second-order valence-electron chi connectivity index (χ2n) is 8.91. The molecule has 1 aliphatic carbocycles. The lowest BCUT2D eigenvalue weighted by molar-refractivity contribution is -0.117. The Morgan fingerprint density at radius 1 is 1.00 bits per heavy atom. The van der Waals surface area contributed by atoms with E-state index < -0.39 is 11.8 Å². The van der Waals surface area contributed by atoms with Crippen LogP contribution < -0.4 is 20.1 Å². The van der Waals surface area contributed by atoms with Gasteiger partial charge in [-0.1, -0.05) is 36.4 Å². The largest absolute Gasteiger partial charge is 0.497 e. The van der Waals surface area contributed by atoms with Gasteiger partial charge in [0.2, 0.25) is 0 Å². The number of hydrogen-bond donors (Lipinski definition) is 3. The van der Waals surface area contributed by atoms with Gasteiger partial charge in [-0.2, -0.15) is 0 Å². The van der Waals surface area contributed by atoms with Crippen LogP contribution in [-0.2, 0) is 11.2 Å². The summed E-state index contributed by atoms with van der Waals surface area (Å²) in [6.45, 7) is 0.382. The van der Waals surface area contributed by atoms with Gasteiger partial charge in [-0.05, 0) is 77.9 Å². The number of benzene rings is 3. The summed E-state index contributed by atoms with van der Waals surface area (Å²) in [5.74, 6) is 1.21. The van der Waals surface area contributed by atoms with Gasteiger partial charge in [0.05, 0.1) is 20.3 Å². The first-order chi connectivity index (χ1) is 18.1. The highest BCUT2D eigenvalue weighted by atomic mass is 16.5.